The lowest BCUT2D eigenvalue weighted by atomic mass is 10.1. The van der Waals surface area contributed by atoms with Crippen LogP contribution in [0, 0.1) is 12.7 Å². The zero-order chi connectivity index (χ0) is 16.4. The second kappa shape index (κ2) is 6.66. The lowest BCUT2D eigenvalue weighted by Gasteiger charge is -2.27. The van der Waals surface area contributed by atoms with Crippen molar-refractivity contribution >= 4 is 0 Å². The molecule has 0 aliphatic carbocycles. The van der Waals surface area contributed by atoms with Gasteiger partial charge in [-0.1, -0.05) is 6.07 Å². The molecule has 0 radical (unpaired) electrons. The van der Waals surface area contributed by atoms with Gasteiger partial charge in [0.2, 0.25) is 0 Å². The molecule has 6 heteroatoms. The van der Waals surface area contributed by atoms with E-state index < -0.39 is 0 Å². The van der Waals surface area contributed by atoms with Gasteiger partial charge in [0.1, 0.15) is 11.6 Å². The quantitative estimate of drug-likeness (QED) is 0.869. The zero-order valence-corrected chi connectivity index (χ0v) is 13.9. The van der Waals surface area contributed by atoms with Gasteiger partial charge in [0, 0.05) is 25.6 Å². The molecule has 0 amide bonds. The van der Waals surface area contributed by atoms with E-state index in [9.17, 15) is 4.39 Å². The first-order valence-electron chi connectivity index (χ1n) is 8.00. The lowest BCUT2D eigenvalue weighted by molar-refractivity contribution is 0.210. The Balaban J connectivity index is 1.66. The third-order valence-corrected chi connectivity index (χ3v) is 4.67. The van der Waals surface area contributed by atoms with E-state index >= 15 is 0 Å². The van der Waals surface area contributed by atoms with Gasteiger partial charge in [-0.05, 0) is 44.5 Å². The van der Waals surface area contributed by atoms with Gasteiger partial charge in [-0.3, -0.25) is 4.90 Å². The summed E-state index contributed by atoms with van der Waals surface area (Å²) in [7, 11) is 3.62. The van der Waals surface area contributed by atoms with Crippen molar-refractivity contribution in [3.63, 3.8) is 0 Å². The van der Waals surface area contributed by atoms with Crippen molar-refractivity contribution < 1.29 is 9.13 Å². The predicted octanol–water partition coefficient (Wildman–Crippen LogP) is 2.57. The van der Waals surface area contributed by atoms with Crippen LogP contribution >= 0.6 is 0 Å². The molecule has 0 N–H and O–H groups in total. The van der Waals surface area contributed by atoms with Crippen LogP contribution < -0.4 is 4.74 Å². The molecule has 2 aromatic rings. The van der Waals surface area contributed by atoms with Gasteiger partial charge < -0.3 is 9.30 Å². The van der Waals surface area contributed by atoms with Crippen LogP contribution in [0.2, 0.25) is 0 Å². The van der Waals surface area contributed by atoms with Gasteiger partial charge in [-0.15, -0.1) is 10.2 Å². The minimum Gasteiger partial charge on any atom is -0.494 e. The van der Waals surface area contributed by atoms with Crippen LogP contribution in [-0.2, 0) is 19.5 Å². The number of nitrogens with zero attached hydrogens (tertiary/aromatic N) is 4. The Labute approximate surface area is 136 Å². The summed E-state index contributed by atoms with van der Waals surface area (Å²) in [6.45, 7) is 3.74. The maximum atomic E-state index is 13.5. The fourth-order valence-electron chi connectivity index (χ4n) is 3.28. The topological polar surface area (TPSA) is 43.2 Å². The largest absolute Gasteiger partial charge is 0.494 e. The molecule has 1 atom stereocenters. The van der Waals surface area contributed by atoms with Gasteiger partial charge in [-0.25, -0.2) is 4.39 Å². The monoisotopic (exact) mass is 318 g/mol. The summed E-state index contributed by atoms with van der Waals surface area (Å²) in [6, 6.07) is 5.55. The van der Waals surface area contributed by atoms with Gasteiger partial charge in [0.25, 0.3) is 0 Å². The normalized spacial score (nSPS) is 17.9. The number of aryl methyl sites for hydroxylation is 2. The van der Waals surface area contributed by atoms with Crippen molar-refractivity contribution in [3.05, 3.63) is 41.2 Å². The van der Waals surface area contributed by atoms with Crippen LogP contribution in [0.3, 0.4) is 0 Å². The first-order chi connectivity index (χ1) is 11.1. The molecule has 0 saturated carbocycles. The van der Waals surface area contributed by atoms with Crippen molar-refractivity contribution in [2.45, 2.75) is 45.3 Å². The number of halogens is 1. The minimum atomic E-state index is -0.318. The third kappa shape index (κ3) is 3.37. The average Bonchev–Trinajstić information content (AvgIpc) is 2.77. The smallest absolute Gasteiger partial charge is 0.165 e. The number of methoxy groups -OCH3 is 1. The lowest BCUT2D eigenvalue weighted by Crippen LogP contribution is -2.31. The van der Waals surface area contributed by atoms with E-state index in [0.717, 1.165) is 49.6 Å². The van der Waals surface area contributed by atoms with Gasteiger partial charge in [-0.2, -0.15) is 0 Å². The summed E-state index contributed by atoms with van der Waals surface area (Å²) in [5.74, 6) is 2.06. The Morgan fingerprint density at radius 2 is 2.17 bits per heavy atom. The Bertz CT molecular complexity index is 685. The SMILES string of the molecule is COc1cc(CN(C)[C@H]2CCc3nnc(C)n3CC2)ccc1F. The molecule has 3 rings (SSSR count). The average molecular weight is 318 g/mol. The van der Waals surface area contributed by atoms with Gasteiger partial charge >= 0.3 is 0 Å². The van der Waals surface area contributed by atoms with E-state index in [-0.39, 0.29) is 5.82 Å². The Morgan fingerprint density at radius 3 is 2.96 bits per heavy atom. The Morgan fingerprint density at radius 1 is 1.35 bits per heavy atom. The molecule has 0 saturated heterocycles. The maximum Gasteiger partial charge on any atom is 0.165 e. The first-order valence-corrected chi connectivity index (χ1v) is 8.00. The highest BCUT2D eigenvalue weighted by molar-refractivity contribution is 5.30. The number of aromatic nitrogens is 3. The van der Waals surface area contributed by atoms with Crippen molar-refractivity contribution in [3.8, 4) is 5.75 Å². The fourth-order valence-corrected chi connectivity index (χ4v) is 3.28. The second-order valence-corrected chi connectivity index (χ2v) is 6.18. The number of rotatable bonds is 4. The van der Waals surface area contributed by atoms with Crippen LogP contribution in [0.4, 0.5) is 4.39 Å². The minimum absolute atomic E-state index is 0.304. The van der Waals surface area contributed by atoms with E-state index in [4.69, 9.17) is 4.74 Å². The van der Waals surface area contributed by atoms with Crippen molar-refractivity contribution in [2.75, 3.05) is 14.2 Å². The highest BCUT2D eigenvalue weighted by Gasteiger charge is 2.22. The third-order valence-electron chi connectivity index (χ3n) is 4.67. The Kier molecular flexibility index (Phi) is 4.61. The van der Waals surface area contributed by atoms with Crippen LogP contribution in [0.15, 0.2) is 18.2 Å². The van der Waals surface area contributed by atoms with E-state index in [1.54, 1.807) is 6.07 Å². The molecule has 1 aromatic carbocycles. The second-order valence-electron chi connectivity index (χ2n) is 6.18. The highest BCUT2D eigenvalue weighted by atomic mass is 19.1. The van der Waals surface area contributed by atoms with Crippen LogP contribution in [0.25, 0.3) is 0 Å². The molecule has 0 bridgehead atoms. The molecular weight excluding hydrogens is 295 g/mol. The number of ether oxygens (including phenoxy) is 1. The number of hydrogen-bond acceptors (Lipinski definition) is 4. The summed E-state index contributed by atoms with van der Waals surface area (Å²) in [6.07, 6.45) is 3.08. The summed E-state index contributed by atoms with van der Waals surface area (Å²) in [5, 5.41) is 8.42. The molecule has 1 aliphatic heterocycles. The zero-order valence-electron chi connectivity index (χ0n) is 13.9. The van der Waals surface area contributed by atoms with Crippen molar-refractivity contribution in [1.29, 1.82) is 0 Å². The van der Waals surface area contributed by atoms with Crippen LogP contribution in [0.1, 0.15) is 30.1 Å². The molecular formula is C17H23FN4O. The van der Waals surface area contributed by atoms with Gasteiger partial charge in [0.15, 0.2) is 11.6 Å². The summed E-state index contributed by atoms with van der Waals surface area (Å²) >= 11 is 0. The number of hydrogen-bond donors (Lipinski definition) is 0. The standard InChI is InChI=1S/C17H23FN4O/c1-12-19-20-17-7-5-14(8-9-22(12)17)21(2)11-13-4-6-15(18)16(10-13)23-3/h4,6,10,14H,5,7-9,11H2,1-3H3/t14-/m0/s1. The number of fused-ring (bicyclic) bond motifs is 1. The molecule has 0 unspecified atom stereocenters. The van der Waals surface area contributed by atoms with E-state index in [1.165, 1.54) is 13.2 Å². The first kappa shape index (κ1) is 15.9. The Hall–Kier alpha value is -1.95. The molecule has 2 heterocycles. The van der Waals surface area contributed by atoms with Crippen molar-refractivity contribution in [1.82, 2.24) is 19.7 Å². The van der Waals surface area contributed by atoms with E-state index in [0.29, 0.717) is 11.8 Å². The molecule has 23 heavy (non-hydrogen) atoms. The molecule has 124 valence electrons. The number of benzene rings is 1. The van der Waals surface area contributed by atoms with E-state index in [1.807, 2.05) is 13.0 Å². The molecule has 0 spiro atoms. The predicted molar refractivity (Wildman–Crippen MR) is 85.9 cm³/mol. The van der Waals surface area contributed by atoms with E-state index in [2.05, 4.69) is 26.7 Å². The molecule has 1 aromatic heterocycles. The molecule has 0 fully saturated rings. The van der Waals surface area contributed by atoms with Gasteiger partial charge in [0.05, 0.1) is 7.11 Å². The van der Waals surface area contributed by atoms with Crippen molar-refractivity contribution in [2.24, 2.45) is 0 Å². The maximum absolute atomic E-state index is 13.5. The fraction of sp³-hybridized carbons (Fsp3) is 0.529. The molecule has 5 nitrogen and oxygen atoms in total. The van der Waals surface area contributed by atoms with Crippen LogP contribution in [-0.4, -0.2) is 39.9 Å². The summed E-state index contributed by atoms with van der Waals surface area (Å²) in [5.41, 5.74) is 1.06. The summed E-state index contributed by atoms with van der Waals surface area (Å²) in [4.78, 5) is 2.34. The molecule has 1 aliphatic rings. The van der Waals surface area contributed by atoms with Crippen LogP contribution in [0.5, 0.6) is 5.75 Å². The highest BCUT2D eigenvalue weighted by Crippen LogP contribution is 2.22. The summed E-state index contributed by atoms with van der Waals surface area (Å²) < 4.78 is 20.8.